The molecule has 20 heavy (non-hydrogen) atoms. The second kappa shape index (κ2) is 6.09. The normalized spacial score (nSPS) is 13.1. The molecule has 0 saturated carbocycles. The topological polar surface area (TPSA) is 12.9 Å². The molecule has 1 aromatic carbocycles. The maximum atomic E-state index is 4.88. The van der Waals surface area contributed by atoms with Crippen molar-refractivity contribution in [1.82, 2.24) is 4.98 Å². The first-order valence-corrected chi connectivity index (χ1v) is 8.74. The van der Waals surface area contributed by atoms with Gasteiger partial charge >= 0.3 is 0 Å². The number of benzene rings is 1. The van der Waals surface area contributed by atoms with Crippen LogP contribution in [0.25, 0.3) is 10.4 Å². The maximum Gasteiger partial charge on any atom is 0.0934 e. The van der Waals surface area contributed by atoms with Gasteiger partial charge < -0.3 is 0 Å². The van der Waals surface area contributed by atoms with E-state index in [1.54, 1.807) is 0 Å². The van der Waals surface area contributed by atoms with E-state index in [4.69, 9.17) is 4.98 Å². The largest absolute Gasteiger partial charge is 0.246 e. The monoisotopic (exact) mass is 285 g/mol. The van der Waals surface area contributed by atoms with Gasteiger partial charge in [-0.15, -0.1) is 11.3 Å². The van der Waals surface area contributed by atoms with E-state index < -0.39 is 0 Å². The molecule has 0 N–H and O–H groups in total. The second-order valence-electron chi connectivity index (χ2n) is 5.69. The van der Waals surface area contributed by atoms with Gasteiger partial charge in [0, 0.05) is 0 Å². The zero-order valence-electron chi connectivity index (χ0n) is 12.5. The SMILES string of the molecule is CCCCCc1nc2c(s1)-c1ccc(CC)cc1CC2. The Morgan fingerprint density at radius 2 is 2.05 bits per heavy atom. The predicted molar refractivity (Wildman–Crippen MR) is 87.6 cm³/mol. The van der Waals surface area contributed by atoms with Gasteiger partial charge in [-0.2, -0.15) is 0 Å². The van der Waals surface area contributed by atoms with Gasteiger partial charge in [-0.05, 0) is 48.8 Å². The Morgan fingerprint density at radius 1 is 1.15 bits per heavy atom. The number of aryl methyl sites for hydroxylation is 4. The molecule has 0 atom stereocenters. The minimum absolute atomic E-state index is 1.12. The lowest BCUT2D eigenvalue weighted by molar-refractivity contribution is 0.712. The van der Waals surface area contributed by atoms with Gasteiger partial charge in [-0.3, -0.25) is 0 Å². The van der Waals surface area contributed by atoms with Crippen LogP contribution in [0.15, 0.2) is 18.2 Å². The molecule has 1 nitrogen and oxygen atoms in total. The van der Waals surface area contributed by atoms with E-state index in [0.29, 0.717) is 0 Å². The van der Waals surface area contributed by atoms with Gasteiger partial charge in [0.1, 0.15) is 0 Å². The number of nitrogens with zero attached hydrogens (tertiary/aromatic N) is 1. The summed E-state index contributed by atoms with van der Waals surface area (Å²) in [5.41, 5.74) is 5.78. The number of thiazole rings is 1. The van der Waals surface area contributed by atoms with Crippen molar-refractivity contribution in [2.75, 3.05) is 0 Å². The van der Waals surface area contributed by atoms with E-state index in [-0.39, 0.29) is 0 Å². The molecular formula is C18H23NS. The third kappa shape index (κ3) is 2.67. The summed E-state index contributed by atoms with van der Waals surface area (Å²) in [4.78, 5) is 6.33. The highest BCUT2D eigenvalue weighted by Gasteiger charge is 2.20. The highest BCUT2D eigenvalue weighted by atomic mass is 32.1. The Labute approximate surface area is 126 Å². The first-order chi connectivity index (χ1) is 9.81. The Hall–Kier alpha value is -1.15. The van der Waals surface area contributed by atoms with Crippen LogP contribution in [0.4, 0.5) is 0 Å². The van der Waals surface area contributed by atoms with E-state index >= 15 is 0 Å². The van der Waals surface area contributed by atoms with E-state index in [0.717, 1.165) is 25.7 Å². The summed E-state index contributed by atoms with van der Waals surface area (Å²) in [6.45, 7) is 4.49. The molecule has 2 aromatic rings. The summed E-state index contributed by atoms with van der Waals surface area (Å²) in [7, 11) is 0. The summed E-state index contributed by atoms with van der Waals surface area (Å²) in [6.07, 6.45) is 8.46. The van der Waals surface area contributed by atoms with Gasteiger partial charge in [0.2, 0.25) is 0 Å². The third-order valence-corrected chi connectivity index (χ3v) is 5.38. The lowest BCUT2D eigenvalue weighted by Gasteiger charge is -2.15. The summed E-state index contributed by atoms with van der Waals surface area (Å²) < 4.78 is 0. The number of fused-ring (bicyclic) bond motifs is 3. The van der Waals surface area contributed by atoms with Crippen molar-refractivity contribution in [3.63, 3.8) is 0 Å². The number of hydrogen-bond acceptors (Lipinski definition) is 2. The van der Waals surface area contributed by atoms with Gasteiger partial charge in [0.15, 0.2) is 0 Å². The Kier molecular flexibility index (Phi) is 4.21. The molecule has 0 bridgehead atoms. The molecule has 0 amide bonds. The van der Waals surface area contributed by atoms with Crippen molar-refractivity contribution in [3.05, 3.63) is 40.0 Å². The quantitative estimate of drug-likeness (QED) is 0.688. The molecule has 0 spiro atoms. The van der Waals surface area contributed by atoms with E-state index in [1.807, 2.05) is 11.3 Å². The van der Waals surface area contributed by atoms with Crippen LogP contribution in [0.2, 0.25) is 0 Å². The summed E-state index contributed by atoms with van der Waals surface area (Å²) in [5.74, 6) is 0. The third-order valence-electron chi connectivity index (χ3n) is 4.19. The van der Waals surface area contributed by atoms with Crippen molar-refractivity contribution in [1.29, 1.82) is 0 Å². The average molecular weight is 285 g/mol. The van der Waals surface area contributed by atoms with Crippen LogP contribution in [0, 0.1) is 0 Å². The van der Waals surface area contributed by atoms with E-state index in [2.05, 4.69) is 32.0 Å². The molecule has 0 aliphatic heterocycles. The van der Waals surface area contributed by atoms with Crippen LogP contribution in [0.1, 0.15) is 54.9 Å². The Morgan fingerprint density at radius 3 is 2.85 bits per heavy atom. The van der Waals surface area contributed by atoms with Crippen LogP contribution >= 0.6 is 11.3 Å². The fourth-order valence-corrected chi connectivity index (χ4v) is 4.17. The van der Waals surface area contributed by atoms with Crippen LogP contribution < -0.4 is 0 Å². The highest BCUT2D eigenvalue weighted by Crippen LogP contribution is 2.38. The summed E-state index contributed by atoms with van der Waals surface area (Å²) in [5, 5.41) is 1.34. The van der Waals surface area contributed by atoms with Crippen molar-refractivity contribution in [2.24, 2.45) is 0 Å². The molecule has 2 heteroatoms. The Bertz CT molecular complexity index is 597. The number of aromatic nitrogens is 1. The minimum Gasteiger partial charge on any atom is -0.246 e. The molecule has 0 fully saturated rings. The van der Waals surface area contributed by atoms with Gasteiger partial charge in [-0.25, -0.2) is 4.98 Å². The van der Waals surface area contributed by atoms with E-state index in [1.165, 1.54) is 51.5 Å². The molecule has 0 radical (unpaired) electrons. The molecule has 106 valence electrons. The number of rotatable bonds is 5. The van der Waals surface area contributed by atoms with Crippen molar-refractivity contribution in [2.45, 2.75) is 58.8 Å². The molecule has 1 aromatic heterocycles. The number of unbranched alkanes of at least 4 members (excludes halogenated alkanes) is 2. The van der Waals surface area contributed by atoms with Gasteiger partial charge in [0.05, 0.1) is 15.6 Å². The van der Waals surface area contributed by atoms with Crippen molar-refractivity contribution >= 4 is 11.3 Å². The zero-order valence-corrected chi connectivity index (χ0v) is 13.4. The van der Waals surface area contributed by atoms with Crippen LogP contribution in [-0.2, 0) is 25.7 Å². The zero-order chi connectivity index (χ0) is 13.9. The smallest absolute Gasteiger partial charge is 0.0934 e. The molecule has 0 saturated heterocycles. The minimum atomic E-state index is 1.12. The summed E-state index contributed by atoms with van der Waals surface area (Å²) in [6, 6.07) is 7.00. The fourth-order valence-electron chi connectivity index (χ4n) is 2.96. The predicted octanol–water partition coefficient (Wildman–Crippen LogP) is 5.20. The molecule has 3 rings (SSSR count). The maximum absolute atomic E-state index is 4.88. The van der Waals surface area contributed by atoms with Crippen molar-refractivity contribution in [3.8, 4) is 10.4 Å². The molecule has 1 aliphatic carbocycles. The van der Waals surface area contributed by atoms with E-state index in [9.17, 15) is 0 Å². The highest BCUT2D eigenvalue weighted by molar-refractivity contribution is 7.15. The lowest BCUT2D eigenvalue weighted by atomic mass is 9.92. The van der Waals surface area contributed by atoms with Gasteiger partial charge in [-0.1, -0.05) is 44.9 Å². The summed E-state index contributed by atoms with van der Waals surface area (Å²) >= 11 is 1.93. The van der Waals surface area contributed by atoms with Crippen LogP contribution in [-0.4, -0.2) is 4.98 Å². The Balaban J connectivity index is 1.87. The average Bonchev–Trinajstić information content (AvgIpc) is 2.90. The van der Waals surface area contributed by atoms with Crippen LogP contribution in [0.5, 0.6) is 0 Å². The first-order valence-electron chi connectivity index (χ1n) is 7.92. The van der Waals surface area contributed by atoms with Gasteiger partial charge in [0.25, 0.3) is 0 Å². The fraction of sp³-hybridized carbons (Fsp3) is 0.500. The molecular weight excluding hydrogens is 262 g/mol. The van der Waals surface area contributed by atoms with Crippen molar-refractivity contribution < 1.29 is 0 Å². The number of hydrogen-bond donors (Lipinski definition) is 0. The standard InChI is InChI=1S/C18H23NS/c1-3-5-6-7-17-19-16-11-9-14-12-13(4-2)8-10-15(14)18(16)20-17/h8,10,12H,3-7,9,11H2,1-2H3. The second-order valence-corrected chi connectivity index (χ2v) is 6.77. The molecule has 1 heterocycles. The molecule has 0 unspecified atom stereocenters. The lowest BCUT2D eigenvalue weighted by Crippen LogP contribution is -2.03. The van der Waals surface area contributed by atoms with Crippen LogP contribution in [0.3, 0.4) is 0 Å². The first kappa shape index (κ1) is 13.8. The molecule has 1 aliphatic rings.